The van der Waals surface area contributed by atoms with E-state index in [1.54, 1.807) is 32.3 Å². The molecule has 0 aliphatic heterocycles. The van der Waals surface area contributed by atoms with Crippen molar-refractivity contribution in [1.29, 1.82) is 0 Å². The summed E-state index contributed by atoms with van der Waals surface area (Å²) < 4.78 is 4.03. The summed E-state index contributed by atoms with van der Waals surface area (Å²) in [6.45, 7) is 3.22. The predicted molar refractivity (Wildman–Crippen MR) is 62.8 cm³/mol. The number of anilines is 1. The molecule has 2 heterocycles. The molecular formula is C10H11N3O2S. The quantitative estimate of drug-likeness (QED) is 0.853. The maximum absolute atomic E-state index is 11.0. The van der Waals surface area contributed by atoms with Crippen molar-refractivity contribution in [2.75, 3.05) is 5.32 Å². The van der Waals surface area contributed by atoms with E-state index in [1.165, 1.54) is 11.5 Å². The maximum Gasteiger partial charge on any atom is 0.328 e. The Morgan fingerprint density at radius 2 is 2.31 bits per heavy atom. The number of pyridine rings is 1. The number of aromatic nitrogens is 2. The molecule has 0 saturated heterocycles. The average Bonchev–Trinajstić information content (AvgIpc) is 2.65. The van der Waals surface area contributed by atoms with Gasteiger partial charge in [-0.05, 0) is 31.4 Å². The van der Waals surface area contributed by atoms with Crippen molar-refractivity contribution in [3.8, 4) is 0 Å². The van der Waals surface area contributed by atoms with E-state index in [2.05, 4.69) is 14.7 Å². The van der Waals surface area contributed by atoms with Gasteiger partial charge in [-0.1, -0.05) is 0 Å². The van der Waals surface area contributed by atoms with Crippen molar-refractivity contribution < 1.29 is 9.90 Å². The van der Waals surface area contributed by atoms with Crippen LogP contribution in [-0.2, 0) is 4.79 Å². The lowest BCUT2D eigenvalue weighted by molar-refractivity contribution is -0.141. The van der Waals surface area contributed by atoms with Crippen LogP contribution in [0.15, 0.2) is 18.5 Å². The van der Waals surface area contributed by atoms with E-state index in [1.807, 2.05) is 0 Å². The first-order valence-corrected chi connectivity index (χ1v) is 5.49. The highest BCUT2D eigenvalue weighted by molar-refractivity contribution is 7.12. The lowest BCUT2D eigenvalue weighted by atomic mass is 10.1. The second-order valence-electron chi connectivity index (χ2n) is 3.96. The summed E-state index contributed by atoms with van der Waals surface area (Å²) in [5.41, 5.74) is -0.276. The number of nitrogens with zero attached hydrogens (tertiary/aromatic N) is 2. The van der Waals surface area contributed by atoms with E-state index in [0.29, 0.717) is 0 Å². The molecular weight excluding hydrogens is 226 g/mol. The van der Waals surface area contributed by atoms with E-state index < -0.39 is 11.5 Å². The molecule has 0 saturated carbocycles. The highest BCUT2D eigenvalue weighted by Crippen LogP contribution is 2.26. The molecule has 0 fully saturated rings. The third-order valence-corrected chi connectivity index (χ3v) is 2.97. The molecule has 0 aromatic carbocycles. The predicted octanol–water partition coefficient (Wildman–Crippen LogP) is 1.97. The van der Waals surface area contributed by atoms with E-state index in [-0.39, 0.29) is 0 Å². The van der Waals surface area contributed by atoms with Gasteiger partial charge in [0.15, 0.2) is 0 Å². The van der Waals surface area contributed by atoms with Crippen LogP contribution in [0.1, 0.15) is 13.8 Å². The molecule has 2 rings (SSSR count). The van der Waals surface area contributed by atoms with Gasteiger partial charge < -0.3 is 10.4 Å². The summed E-state index contributed by atoms with van der Waals surface area (Å²) in [7, 11) is 0. The number of fused-ring (bicyclic) bond motifs is 1. The number of carbonyl (C=O) groups is 1. The van der Waals surface area contributed by atoms with Gasteiger partial charge in [0.05, 0.1) is 11.6 Å². The minimum Gasteiger partial charge on any atom is -0.480 e. The Hall–Kier alpha value is -1.69. The Morgan fingerprint density at radius 3 is 3.00 bits per heavy atom. The van der Waals surface area contributed by atoms with Gasteiger partial charge in [-0.2, -0.15) is 4.37 Å². The van der Waals surface area contributed by atoms with Crippen LogP contribution in [0.25, 0.3) is 10.2 Å². The first-order chi connectivity index (χ1) is 7.50. The Labute approximate surface area is 96.3 Å². The van der Waals surface area contributed by atoms with Crippen molar-refractivity contribution in [3.05, 3.63) is 18.5 Å². The zero-order chi connectivity index (χ0) is 11.8. The molecule has 84 valence electrons. The van der Waals surface area contributed by atoms with Gasteiger partial charge in [0, 0.05) is 11.9 Å². The molecule has 0 atom stereocenters. The van der Waals surface area contributed by atoms with Gasteiger partial charge in [0.1, 0.15) is 10.4 Å². The van der Waals surface area contributed by atoms with Crippen LogP contribution in [0.3, 0.4) is 0 Å². The van der Waals surface area contributed by atoms with E-state index in [9.17, 15) is 4.79 Å². The van der Waals surface area contributed by atoms with Gasteiger partial charge in [-0.3, -0.25) is 0 Å². The lowest BCUT2D eigenvalue weighted by Crippen LogP contribution is -2.39. The Kier molecular flexibility index (Phi) is 2.51. The Bertz CT molecular complexity index is 536. The second-order valence-corrected chi connectivity index (χ2v) is 4.74. The molecule has 5 nitrogen and oxygen atoms in total. The molecule has 0 aliphatic rings. The molecule has 6 heteroatoms. The molecule has 2 aromatic heterocycles. The Balaban J connectivity index is 2.41. The molecule has 2 N–H and O–H groups in total. The summed E-state index contributed by atoms with van der Waals surface area (Å²) in [4.78, 5) is 16.0. The number of aliphatic carboxylic acids is 1. The third kappa shape index (κ3) is 1.83. The van der Waals surface area contributed by atoms with Gasteiger partial charge >= 0.3 is 5.97 Å². The summed E-state index contributed by atoms with van der Waals surface area (Å²) in [6.07, 6.45) is 3.33. The fraction of sp³-hybridized carbons (Fsp3) is 0.300. The van der Waals surface area contributed by atoms with Gasteiger partial charge in [0.2, 0.25) is 0 Å². The summed E-state index contributed by atoms with van der Waals surface area (Å²) in [5, 5.41) is 12.9. The smallest absolute Gasteiger partial charge is 0.328 e. The van der Waals surface area contributed by atoms with Crippen molar-refractivity contribution in [2.24, 2.45) is 0 Å². The van der Waals surface area contributed by atoms with Crippen molar-refractivity contribution in [3.63, 3.8) is 0 Å². The van der Waals surface area contributed by atoms with Crippen LogP contribution in [0.2, 0.25) is 0 Å². The normalized spacial score (nSPS) is 11.6. The SMILES string of the molecule is CC(C)(Nc1ccnc2sncc12)C(=O)O. The standard InChI is InChI=1S/C10H11N3O2S/c1-10(2,9(14)15)13-7-3-4-11-8-6(7)5-12-16-8/h3-5H,1-2H3,(H,11,13)(H,14,15). The topological polar surface area (TPSA) is 75.1 Å². The molecule has 0 spiro atoms. The lowest BCUT2D eigenvalue weighted by Gasteiger charge is -2.22. The van der Waals surface area contributed by atoms with E-state index >= 15 is 0 Å². The maximum atomic E-state index is 11.0. The summed E-state index contributed by atoms with van der Waals surface area (Å²) >= 11 is 1.29. The second kappa shape index (κ2) is 3.71. The fourth-order valence-electron chi connectivity index (χ4n) is 1.28. The molecule has 0 amide bonds. The van der Waals surface area contributed by atoms with Crippen LogP contribution in [0.4, 0.5) is 5.69 Å². The highest BCUT2D eigenvalue weighted by Gasteiger charge is 2.27. The molecule has 0 radical (unpaired) electrons. The fourth-order valence-corrected chi connectivity index (χ4v) is 1.91. The van der Waals surface area contributed by atoms with E-state index in [0.717, 1.165) is 15.9 Å². The van der Waals surface area contributed by atoms with Crippen LogP contribution in [-0.4, -0.2) is 26.0 Å². The van der Waals surface area contributed by atoms with Crippen LogP contribution >= 0.6 is 11.5 Å². The van der Waals surface area contributed by atoms with Crippen molar-refractivity contribution >= 4 is 33.4 Å². The summed E-state index contributed by atoms with van der Waals surface area (Å²) in [5.74, 6) is -0.902. The molecule has 0 unspecified atom stereocenters. The molecule has 0 bridgehead atoms. The minimum absolute atomic E-state index is 0.742. The highest BCUT2D eigenvalue weighted by atomic mass is 32.1. The van der Waals surface area contributed by atoms with Gasteiger partial charge in [0.25, 0.3) is 0 Å². The van der Waals surface area contributed by atoms with Crippen LogP contribution in [0.5, 0.6) is 0 Å². The number of hydrogen-bond donors (Lipinski definition) is 2. The van der Waals surface area contributed by atoms with Crippen molar-refractivity contribution in [2.45, 2.75) is 19.4 Å². The van der Waals surface area contributed by atoms with Crippen LogP contribution in [0, 0.1) is 0 Å². The number of carboxylic acid groups (broad SMARTS) is 1. The van der Waals surface area contributed by atoms with Gasteiger partial charge in [-0.15, -0.1) is 0 Å². The zero-order valence-corrected chi connectivity index (χ0v) is 9.71. The van der Waals surface area contributed by atoms with Crippen LogP contribution < -0.4 is 5.32 Å². The van der Waals surface area contributed by atoms with Gasteiger partial charge in [-0.25, -0.2) is 9.78 Å². The number of rotatable bonds is 3. The molecule has 0 aliphatic carbocycles. The largest absolute Gasteiger partial charge is 0.480 e. The first-order valence-electron chi connectivity index (χ1n) is 4.72. The minimum atomic E-state index is -1.02. The van der Waals surface area contributed by atoms with E-state index in [4.69, 9.17) is 5.11 Å². The molecule has 2 aromatic rings. The summed E-state index contributed by atoms with van der Waals surface area (Å²) in [6, 6.07) is 1.75. The monoisotopic (exact) mass is 237 g/mol. The average molecular weight is 237 g/mol. The first kappa shape index (κ1) is 10.8. The van der Waals surface area contributed by atoms with Crippen molar-refractivity contribution in [1.82, 2.24) is 9.36 Å². The zero-order valence-electron chi connectivity index (χ0n) is 8.89. The number of nitrogens with one attached hydrogen (secondary N) is 1. The Morgan fingerprint density at radius 1 is 1.56 bits per heavy atom. The molecule has 16 heavy (non-hydrogen) atoms. The third-order valence-electron chi connectivity index (χ3n) is 2.26. The number of carboxylic acids is 1. The number of hydrogen-bond acceptors (Lipinski definition) is 5.